The number of nitrogens with zero attached hydrogens (tertiary/aromatic N) is 2. The van der Waals surface area contributed by atoms with Gasteiger partial charge in [0, 0.05) is 49.8 Å². The highest BCUT2D eigenvalue weighted by atomic mass is 16.3. The summed E-state index contributed by atoms with van der Waals surface area (Å²) in [5, 5.41) is 48.5. The van der Waals surface area contributed by atoms with Gasteiger partial charge in [-0.15, -0.1) is 0 Å². The number of hydrogen-bond donors (Lipinski definition) is 7. The fourth-order valence-electron chi connectivity index (χ4n) is 6.60. The van der Waals surface area contributed by atoms with Crippen molar-refractivity contribution in [2.45, 2.75) is 56.7 Å². The summed E-state index contributed by atoms with van der Waals surface area (Å²) >= 11 is 0. The van der Waals surface area contributed by atoms with Gasteiger partial charge in [-0.3, -0.25) is 24.1 Å². The monoisotopic (exact) mass is 599 g/mol. The number of aryl methyl sites for hydroxylation is 1. The first-order valence-electron chi connectivity index (χ1n) is 14.1. The molecule has 0 unspecified atom stereocenters. The number of carbonyl (C=O) groups excluding carboxylic acids is 4. The van der Waals surface area contributed by atoms with Crippen molar-refractivity contribution < 1.29 is 39.6 Å². The molecule has 13 nitrogen and oxygen atoms in total. The molecule has 234 valence electrons. The minimum atomic E-state index is -2.71. The zero-order valence-corrected chi connectivity index (χ0v) is 25.3. The maximum absolute atomic E-state index is 14.1. The first-order valence-corrected chi connectivity index (χ1v) is 14.1. The predicted molar refractivity (Wildman–Crippen MR) is 158 cm³/mol. The number of aliphatic hydroxyl groups is 3. The minimum absolute atomic E-state index is 0.00118. The van der Waals surface area contributed by atoms with E-state index < -0.39 is 63.6 Å². The van der Waals surface area contributed by atoms with Crippen molar-refractivity contribution in [3.05, 3.63) is 39.7 Å². The molecule has 1 aromatic carbocycles. The highest BCUT2D eigenvalue weighted by Gasteiger charge is 2.64. The number of fused-ring (bicyclic) bond motifs is 3. The van der Waals surface area contributed by atoms with E-state index in [0.29, 0.717) is 16.8 Å². The number of aromatic hydroxyl groups is 1. The highest BCUT2D eigenvalue weighted by Crippen LogP contribution is 2.54. The van der Waals surface area contributed by atoms with Crippen LogP contribution in [0.1, 0.15) is 43.4 Å². The third kappa shape index (κ3) is 5.25. The smallest absolute Gasteiger partial charge is 0.255 e. The van der Waals surface area contributed by atoms with Gasteiger partial charge >= 0.3 is 0 Å². The lowest BCUT2D eigenvalue weighted by molar-refractivity contribution is -0.153. The van der Waals surface area contributed by atoms with Crippen LogP contribution in [-0.4, -0.2) is 101 Å². The third-order valence-corrected chi connectivity index (χ3v) is 8.62. The molecule has 4 atom stereocenters. The first kappa shape index (κ1) is 32.0. The maximum atomic E-state index is 14.1. The second-order valence-corrected chi connectivity index (χ2v) is 12.9. The maximum Gasteiger partial charge on any atom is 0.255 e. The number of Topliss-reactive ketones (excluding diaryl/α,β-unsaturated/α-hetero) is 2. The van der Waals surface area contributed by atoms with Gasteiger partial charge in [0.05, 0.1) is 11.6 Å². The quantitative estimate of drug-likeness (QED) is 0.194. The van der Waals surface area contributed by atoms with Gasteiger partial charge in [-0.1, -0.05) is 0 Å². The molecule has 1 aromatic rings. The summed E-state index contributed by atoms with van der Waals surface area (Å²) in [6.45, 7) is 3.80. The Kier molecular flexibility index (Phi) is 8.15. The second kappa shape index (κ2) is 11.0. The van der Waals surface area contributed by atoms with Crippen LogP contribution < -0.4 is 21.7 Å². The number of amides is 2. The number of hydrogen-bond acceptors (Lipinski definition) is 11. The van der Waals surface area contributed by atoms with Gasteiger partial charge in [-0.25, -0.2) is 0 Å². The second-order valence-electron chi connectivity index (χ2n) is 12.9. The molecular formula is C30H41N5O8. The minimum Gasteiger partial charge on any atom is -0.508 e. The molecule has 2 amide bonds. The number of likely N-dealkylation sites (N-methyl/N-ethyl adjacent to an activating group) is 1. The van der Waals surface area contributed by atoms with E-state index >= 15 is 0 Å². The van der Waals surface area contributed by atoms with Gasteiger partial charge in [0.1, 0.15) is 22.8 Å². The van der Waals surface area contributed by atoms with Crippen LogP contribution >= 0.6 is 0 Å². The number of phenols is 1. The molecule has 0 aliphatic heterocycles. The number of benzene rings is 1. The topological polar surface area (TPSA) is 220 Å². The number of rotatable bonds is 8. The molecule has 0 heterocycles. The Bertz CT molecular complexity index is 1470. The SMILES string of the molecule is CN(C)c1cc(CCC(=O)NCC(C)(C)N)c(O)c2c1C[C@H]1C[C@H]3[C@@H](N(C)C)C(=O)C(C(N)=O)=C(O)[C@@]3(O)C(=O)C1=C2O. The molecule has 1 saturated carbocycles. The summed E-state index contributed by atoms with van der Waals surface area (Å²) in [5.41, 5.74) is 8.44. The van der Waals surface area contributed by atoms with E-state index in [1.807, 2.05) is 0 Å². The van der Waals surface area contributed by atoms with E-state index in [2.05, 4.69) is 5.32 Å². The van der Waals surface area contributed by atoms with Gasteiger partial charge in [-0.05, 0) is 70.3 Å². The van der Waals surface area contributed by atoms with Crippen molar-refractivity contribution in [2.24, 2.45) is 23.3 Å². The van der Waals surface area contributed by atoms with Crippen molar-refractivity contribution in [1.29, 1.82) is 0 Å². The molecule has 3 aliphatic rings. The molecule has 0 bridgehead atoms. The fraction of sp³-hybridized carbons (Fsp3) is 0.533. The predicted octanol–water partition coefficient (Wildman–Crippen LogP) is -0.184. The van der Waals surface area contributed by atoms with Crippen molar-refractivity contribution >= 4 is 34.8 Å². The lowest BCUT2D eigenvalue weighted by atomic mass is 9.57. The van der Waals surface area contributed by atoms with E-state index in [-0.39, 0.29) is 55.0 Å². The number of nitrogens with one attached hydrogen (secondary N) is 1. The van der Waals surface area contributed by atoms with Crippen LogP contribution in [0.5, 0.6) is 5.75 Å². The molecule has 4 rings (SSSR count). The zero-order valence-electron chi connectivity index (χ0n) is 25.3. The molecule has 3 aliphatic carbocycles. The standard InChI is InChI=1S/C30H41N5O8/c1-29(2,32)12-33-18(36)8-7-13-11-17(34(3)4)15-9-14-10-16-22(35(5)6)25(39)21(28(31)42)27(41)30(16,43)26(40)19(14)24(38)20(15)23(13)37/h11,14,16,22,37-38,41,43H,7-10,12,32H2,1-6H3,(H2,31,42)(H,33,36)/t14-,16-,22+,30-/m0/s1. The third-order valence-electron chi connectivity index (χ3n) is 8.62. The number of primary amides is 1. The van der Waals surface area contributed by atoms with Gasteiger partial charge < -0.3 is 42.1 Å². The molecule has 0 radical (unpaired) electrons. The number of carbonyl (C=O) groups is 4. The van der Waals surface area contributed by atoms with Crippen molar-refractivity contribution in [1.82, 2.24) is 10.2 Å². The van der Waals surface area contributed by atoms with Gasteiger partial charge in [0.25, 0.3) is 5.91 Å². The Labute approximate surface area is 249 Å². The summed E-state index contributed by atoms with van der Waals surface area (Å²) in [5.74, 6) is -7.32. The summed E-state index contributed by atoms with van der Waals surface area (Å²) in [4.78, 5) is 55.2. The summed E-state index contributed by atoms with van der Waals surface area (Å²) in [6, 6.07) is 0.575. The van der Waals surface area contributed by atoms with Crippen molar-refractivity contribution in [2.75, 3.05) is 39.6 Å². The van der Waals surface area contributed by atoms with Crippen LogP contribution in [0, 0.1) is 11.8 Å². The van der Waals surface area contributed by atoms with E-state index in [1.54, 1.807) is 53.0 Å². The highest BCUT2D eigenvalue weighted by molar-refractivity contribution is 6.24. The molecule has 0 saturated heterocycles. The molecule has 9 N–H and O–H groups in total. The number of phenolic OH excluding ortho intramolecular Hbond substituents is 1. The average Bonchev–Trinajstić information content (AvgIpc) is 2.88. The summed E-state index contributed by atoms with van der Waals surface area (Å²) in [7, 11) is 6.66. The van der Waals surface area contributed by atoms with Crippen LogP contribution in [-0.2, 0) is 32.0 Å². The number of ketones is 2. The Morgan fingerprint density at radius 1 is 1.14 bits per heavy atom. The Morgan fingerprint density at radius 3 is 2.30 bits per heavy atom. The average molecular weight is 600 g/mol. The van der Waals surface area contributed by atoms with Crippen LogP contribution in [0.3, 0.4) is 0 Å². The summed E-state index contributed by atoms with van der Waals surface area (Å²) in [6.07, 6.45) is 0.297. The lowest BCUT2D eigenvalue weighted by Gasteiger charge is -2.50. The van der Waals surface area contributed by atoms with Crippen LogP contribution in [0.25, 0.3) is 5.76 Å². The molecule has 0 aromatic heterocycles. The van der Waals surface area contributed by atoms with Crippen molar-refractivity contribution in [3.8, 4) is 5.75 Å². The zero-order chi connectivity index (χ0) is 32.3. The Morgan fingerprint density at radius 2 is 1.77 bits per heavy atom. The first-order chi connectivity index (χ1) is 19.8. The van der Waals surface area contributed by atoms with Crippen LogP contribution in [0.15, 0.2) is 23.0 Å². The largest absolute Gasteiger partial charge is 0.508 e. The normalized spacial score (nSPS) is 25.4. The molecular weight excluding hydrogens is 558 g/mol. The summed E-state index contributed by atoms with van der Waals surface area (Å²) < 4.78 is 0. The number of nitrogens with two attached hydrogens (primary N) is 2. The molecule has 13 heteroatoms. The molecule has 0 spiro atoms. The van der Waals surface area contributed by atoms with Crippen LogP contribution in [0.4, 0.5) is 5.69 Å². The van der Waals surface area contributed by atoms with E-state index in [0.717, 1.165) is 0 Å². The number of aliphatic hydroxyl groups excluding tert-OH is 2. The fourth-order valence-corrected chi connectivity index (χ4v) is 6.60. The number of anilines is 1. The van der Waals surface area contributed by atoms with E-state index in [9.17, 15) is 39.6 Å². The molecule has 43 heavy (non-hydrogen) atoms. The lowest BCUT2D eigenvalue weighted by Crippen LogP contribution is -2.65. The van der Waals surface area contributed by atoms with Gasteiger partial charge in [0.2, 0.25) is 11.7 Å². The van der Waals surface area contributed by atoms with Gasteiger partial charge in [-0.2, -0.15) is 0 Å². The van der Waals surface area contributed by atoms with Crippen molar-refractivity contribution in [3.63, 3.8) is 0 Å². The van der Waals surface area contributed by atoms with Gasteiger partial charge in [0.15, 0.2) is 11.4 Å². The Hall–Kier alpha value is -3.94. The molecule has 1 fully saturated rings. The van der Waals surface area contributed by atoms with E-state index in [4.69, 9.17) is 11.5 Å². The van der Waals surface area contributed by atoms with E-state index in [1.165, 1.54) is 4.90 Å². The Balaban J connectivity index is 1.84. The van der Waals surface area contributed by atoms with Crippen LogP contribution in [0.2, 0.25) is 0 Å².